The highest BCUT2D eigenvalue weighted by Crippen LogP contribution is 2.31. The molecule has 4 nitrogen and oxygen atoms in total. The van der Waals surface area contributed by atoms with Crippen LogP contribution in [0.15, 0.2) is 10.7 Å². The second kappa shape index (κ2) is 5.16. The molecule has 1 aromatic heterocycles. The van der Waals surface area contributed by atoms with E-state index >= 15 is 0 Å². The highest BCUT2D eigenvalue weighted by atomic mass is 16.4. The van der Waals surface area contributed by atoms with Crippen LogP contribution in [0.4, 0.5) is 6.01 Å². The Morgan fingerprint density at radius 2 is 2.16 bits per heavy atom. The van der Waals surface area contributed by atoms with Gasteiger partial charge in [-0.05, 0) is 39.0 Å². The van der Waals surface area contributed by atoms with E-state index in [1.54, 1.807) is 6.26 Å². The van der Waals surface area contributed by atoms with E-state index in [-0.39, 0.29) is 5.54 Å². The van der Waals surface area contributed by atoms with E-state index < -0.39 is 0 Å². The monoisotopic (exact) mass is 265 g/mol. The first-order valence-corrected chi connectivity index (χ1v) is 7.20. The van der Waals surface area contributed by atoms with Crippen LogP contribution in [0, 0.1) is 5.41 Å². The van der Waals surface area contributed by atoms with Crippen molar-refractivity contribution in [2.45, 2.75) is 59.5 Å². The number of hydrogen-bond donors (Lipinski definition) is 1. The summed E-state index contributed by atoms with van der Waals surface area (Å²) >= 11 is 0. The standard InChI is InChI=1S/C15H27N3O/c1-14(2,3)16-9-12-10-19-13(17-12)18-8-6-7-15(4,5)11-18/h10,16H,6-9,11H2,1-5H3. The zero-order valence-electron chi connectivity index (χ0n) is 12.9. The molecule has 0 saturated carbocycles. The van der Waals surface area contributed by atoms with E-state index in [9.17, 15) is 0 Å². The van der Waals surface area contributed by atoms with E-state index in [1.807, 2.05) is 0 Å². The Bertz CT molecular complexity index is 417. The first-order valence-electron chi connectivity index (χ1n) is 7.20. The van der Waals surface area contributed by atoms with Crippen LogP contribution in [0.25, 0.3) is 0 Å². The third-order valence-electron chi connectivity index (χ3n) is 3.51. The Morgan fingerprint density at radius 1 is 1.42 bits per heavy atom. The van der Waals surface area contributed by atoms with Gasteiger partial charge < -0.3 is 14.6 Å². The SMILES string of the molecule is CC1(C)CCCN(c2nc(CNC(C)(C)C)co2)C1. The Balaban J connectivity index is 1.97. The van der Waals surface area contributed by atoms with Crippen LogP contribution in [-0.2, 0) is 6.54 Å². The van der Waals surface area contributed by atoms with Gasteiger partial charge in [0.05, 0.1) is 5.69 Å². The minimum absolute atomic E-state index is 0.103. The molecule has 2 rings (SSSR count). The molecular weight excluding hydrogens is 238 g/mol. The fourth-order valence-electron chi connectivity index (χ4n) is 2.46. The average molecular weight is 265 g/mol. The fourth-order valence-corrected chi connectivity index (χ4v) is 2.46. The molecule has 4 heteroatoms. The van der Waals surface area contributed by atoms with Gasteiger partial charge in [-0.1, -0.05) is 13.8 Å². The van der Waals surface area contributed by atoms with Crippen LogP contribution in [0.3, 0.4) is 0 Å². The molecule has 19 heavy (non-hydrogen) atoms. The number of nitrogens with zero attached hydrogens (tertiary/aromatic N) is 2. The van der Waals surface area contributed by atoms with Gasteiger partial charge in [0.25, 0.3) is 6.01 Å². The second-order valence-electron chi connectivity index (χ2n) is 7.41. The summed E-state index contributed by atoms with van der Waals surface area (Å²) in [5.74, 6) is 0. The van der Waals surface area contributed by atoms with Gasteiger partial charge in [-0.25, -0.2) is 0 Å². The number of piperidine rings is 1. The molecule has 1 fully saturated rings. The molecule has 1 aliphatic rings. The highest BCUT2D eigenvalue weighted by molar-refractivity contribution is 5.28. The topological polar surface area (TPSA) is 41.3 Å². The predicted molar refractivity (Wildman–Crippen MR) is 78.3 cm³/mol. The van der Waals surface area contributed by atoms with E-state index in [2.05, 4.69) is 49.8 Å². The number of anilines is 1. The van der Waals surface area contributed by atoms with Gasteiger partial charge >= 0.3 is 0 Å². The molecule has 1 saturated heterocycles. The molecule has 1 aromatic rings. The lowest BCUT2D eigenvalue weighted by Crippen LogP contribution is -2.40. The van der Waals surface area contributed by atoms with Gasteiger partial charge in [-0.2, -0.15) is 4.98 Å². The number of nitrogens with one attached hydrogen (secondary N) is 1. The third kappa shape index (κ3) is 4.23. The number of oxazole rings is 1. The summed E-state index contributed by atoms with van der Waals surface area (Å²) in [7, 11) is 0. The van der Waals surface area contributed by atoms with Crippen molar-refractivity contribution in [2.75, 3.05) is 18.0 Å². The molecule has 0 aliphatic carbocycles. The zero-order chi connectivity index (χ0) is 14.1. The van der Waals surface area contributed by atoms with Crippen LogP contribution in [0.2, 0.25) is 0 Å². The molecule has 0 aromatic carbocycles. The molecule has 1 aliphatic heterocycles. The molecule has 108 valence electrons. The van der Waals surface area contributed by atoms with Crippen molar-refractivity contribution in [3.05, 3.63) is 12.0 Å². The first kappa shape index (κ1) is 14.4. The highest BCUT2D eigenvalue weighted by Gasteiger charge is 2.28. The Kier molecular flexibility index (Phi) is 3.90. The maximum absolute atomic E-state index is 5.64. The Morgan fingerprint density at radius 3 is 2.79 bits per heavy atom. The van der Waals surface area contributed by atoms with Crippen molar-refractivity contribution in [2.24, 2.45) is 5.41 Å². The maximum atomic E-state index is 5.64. The molecule has 0 unspecified atom stereocenters. The Labute approximate surface area is 116 Å². The van der Waals surface area contributed by atoms with Gasteiger partial charge in [-0.15, -0.1) is 0 Å². The summed E-state index contributed by atoms with van der Waals surface area (Å²) < 4.78 is 5.64. The number of rotatable bonds is 3. The van der Waals surface area contributed by atoms with Crippen molar-refractivity contribution in [3.63, 3.8) is 0 Å². The summed E-state index contributed by atoms with van der Waals surface area (Å²) in [6, 6.07) is 0.776. The van der Waals surface area contributed by atoms with Gasteiger partial charge in [0, 0.05) is 25.2 Å². The van der Waals surface area contributed by atoms with Crippen molar-refractivity contribution in [1.29, 1.82) is 0 Å². The minimum Gasteiger partial charge on any atom is -0.432 e. The molecule has 0 bridgehead atoms. The lowest BCUT2D eigenvalue weighted by Gasteiger charge is -2.37. The summed E-state index contributed by atoms with van der Waals surface area (Å²) in [4.78, 5) is 6.87. The Hall–Kier alpha value is -1.03. The average Bonchev–Trinajstić information content (AvgIpc) is 2.72. The fraction of sp³-hybridized carbons (Fsp3) is 0.800. The third-order valence-corrected chi connectivity index (χ3v) is 3.51. The molecule has 2 heterocycles. The first-order chi connectivity index (χ1) is 8.75. The smallest absolute Gasteiger partial charge is 0.297 e. The van der Waals surface area contributed by atoms with E-state index in [4.69, 9.17) is 4.42 Å². The quantitative estimate of drug-likeness (QED) is 0.911. The van der Waals surface area contributed by atoms with Crippen molar-refractivity contribution < 1.29 is 4.42 Å². The molecule has 0 radical (unpaired) electrons. The predicted octanol–water partition coefficient (Wildman–Crippen LogP) is 3.19. The molecule has 0 atom stereocenters. The molecular formula is C15H27N3O. The normalized spacial score (nSPS) is 19.7. The zero-order valence-corrected chi connectivity index (χ0v) is 12.9. The maximum Gasteiger partial charge on any atom is 0.297 e. The summed E-state index contributed by atoms with van der Waals surface area (Å²) in [5, 5.41) is 3.43. The lowest BCUT2D eigenvalue weighted by atomic mass is 9.84. The largest absolute Gasteiger partial charge is 0.432 e. The van der Waals surface area contributed by atoms with Gasteiger partial charge in [0.1, 0.15) is 6.26 Å². The number of aromatic nitrogens is 1. The van der Waals surface area contributed by atoms with Crippen molar-refractivity contribution in [3.8, 4) is 0 Å². The minimum atomic E-state index is 0.103. The van der Waals surface area contributed by atoms with Crippen LogP contribution in [0.5, 0.6) is 0 Å². The van der Waals surface area contributed by atoms with E-state index in [0.717, 1.165) is 31.3 Å². The molecule has 1 N–H and O–H groups in total. The second-order valence-corrected chi connectivity index (χ2v) is 7.41. The van der Waals surface area contributed by atoms with Crippen LogP contribution >= 0.6 is 0 Å². The van der Waals surface area contributed by atoms with E-state index in [1.165, 1.54) is 12.8 Å². The van der Waals surface area contributed by atoms with Gasteiger partial charge in [-0.3, -0.25) is 0 Å². The molecule has 0 spiro atoms. The van der Waals surface area contributed by atoms with Gasteiger partial charge in [0.2, 0.25) is 0 Å². The summed E-state index contributed by atoms with van der Waals surface area (Å²) in [6.07, 6.45) is 4.27. The van der Waals surface area contributed by atoms with Crippen molar-refractivity contribution >= 4 is 6.01 Å². The summed E-state index contributed by atoms with van der Waals surface area (Å²) in [5.41, 5.74) is 1.44. The molecule has 0 amide bonds. The summed E-state index contributed by atoms with van der Waals surface area (Å²) in [6.45, 7) is 13.9. The van der Waals surface area contributed by atoms with Crippen LogP contribution < -0.4 is 10.2 Å². The lowest BCUT2D eigenvalue weighted by molar-refractivity contribution is 0.283. The van der Waals surface area contributed by atoms with Crippen molar-refractivity contribution in [1.82, 2.24) is 10.3 Å². The van der Waals surface area contributed by atoms with Crippen LogP contribution in [-0.4, -0.2) is 23.6 Å². The van der Waals surface area contributed by atoms with E-state index in [0.29, 0.717) is 5.41 Å². The van der Waals surface area contributed by atoms with Gasteiger partial charge in [0.15, 0.2) is 0 Å². The van der Waals surface area contributed by atoms with Crippen LogP contribution in [0.1, 0.15) is 53.2 Å². The number of hydrogen-bond acceptors (Lipinski definition) is 4.